The lowest BCUT2D eigenvalue weighted by Crippen LogP contribution is -2.34. The molecule has 3 aromatic rings. The summed E-state index contributed by atoms with van der Waals surface area (Å²) in [5.74, 6) is 0.232. The number of rotatable bonds is 6. The Bertz CT molecular complexity index is 1050. The number of nitrogens with zero attached hydrogens (tertiary/aromatic N) is 5. The van der Waals surface area contributed by atoms with Gasteiger partial charge in [0, 0.05) is 38.1 Å². The molecule has 4 rings (SSSR count). The molecule has 1 N–H and O–H groups in total. The lowest BCUT2D eigenvalue weighted by molar-refractivity contribution is 0.0948. The van der Waals surface area contributed by atoms with Crippen molar-refractivity contribution in [1.82, 2.24) is 30.0 Å². The van der Waals surface area contributed by atoms with E-state index in [1.807, 2.05) is 31.0 Å². The highest BCUT2D eigenvalue weighted by Gasteiger charge is 2.27. The summed E-state index contributed by atoms with van der Waals surface area (Å²) >= 11 is 0. The monoisotopic (exact) mass is 422 g/mol. The van der Waals surface area contributed by atoms with Crippen molar-refractivity contribution >= 4 is 5.91 Å². The maximum absolute atomic E-state index is 13.0. The maximum atomic E-state index is 13.0. The van der Waals surface area contributed by atoms with E-state index < -0.39 is 0 Å². The number of halogens is 1. The van der Waals surface area contributed by atoms with E-state index >= 15 is 0 Å². The van der Waals surface area contributed by atoms with Crippen LogP contribution in [0.3, 0.4) is 0 Å². The van der Waals surface area contributed by atoms with Crippen LogP contribution in [0.1, 0.15) is 58.3 Å². The number of aromatic nitrogens is 4. The van der Waals surface area contributed by atoms with Crippen molar-refractivity contribution in [2.45, 2.75) is 45.3 Å². The van der Waals surface area contributed by atoms with Gasteiger partial charge in [-0.3, -0.25) is 14.4 Å². The molecule has 0 radical (unpaired) electrons. The number of carbonyl (C=O) groups is 1. The smallest absolute Gasteiger partial charge is 0.254 e. The largest absolute Gasteiger partial charge is 0.348 e. The first-order chi connectivity index (χ1) is 15.0. The first kappa shape index (κ1) is 21.1. The number of hydrogen-bond donors (Lipinski definition) is 1. The number of piperidine rings is 1. The molecule has 1 aliphatic heterocycles. The Morgan fingerprint density at radius 2 is 2.00 bits per heavy atom. The average molecular weight is 423 g/mol. The van der Waals surface area contributed by atoms with Crippen LogP contribution in [0, 0.1) is 12.7 Å². The number of hydrogen-bond acceptors (Lipinski definition) is 5. The van der Waals surface area contributed by atoms with Crippen LogP contribution in [-0.4, -0.2) is 37.1 Å². The molecule has 1 amide bonds. The van der Waals surface area contributed by atoms with Gasteiger partial charge < -0.3 is 5.32 Å². The van der Waals surface area contributed by atoms with Crippen molar-refractivity contribution in [2.24, 2.45) is 7.05 Å². The molecule has 0 spiro atoms. The van der Waals surface area contributed by atoms with E-state index in [0.29, 0.717) is 17.8 Å². The fourth-order valence-electron chi connectivity index (χ4n) is 4.01. The zero-order valence-corrected chi connectivity index (χ0v) is 17.9. The predicted molar refractivity (Wildman–Crippen MR) is 115 cm³/mol. The second-order valence-corrected chi connectivity index (χ2v) is 8.04. The summed E-state index contributed by atoms with van der Waals surface area (Å²) in [7, 11) is 1.92. The van der Waals surface area contributed by atoms with Crippen molar-refractivity contribution < 1.29 is 9.18 Å². The second kappa shape index (κ2) is 9.34. The molecule has 0 aliphatic carbocycles. The summed E-state index contributed by atoms with van der Waals surface area (Å²) in [4.78, 5) is 24.3. The molecule has 1 saturated heterocycles. The van der Waals surface area contributed by atoms with Gasteiger partial charge in [-0.25, -0.2) is 14.4 Å². The molecule has 1 aromatic carbocycles. The van der Waals surface area contributed by atoms with Crippen molar-refractivity contribution in [3.63, 3.8) is 0 Å². The van der Waals surface area contributed by atoms with Gasteiger partial charge in [0.1, 0.15) is 11.6 Å². The quantitative estimate of drug-likeness (QED) is 0.660. The number of aryl methyl sites for hydroxylation is 2. The van der Waals surface area contributed by atoms with Crippen molar-refractivity contribution in [1.29, 1.82) is 0 Å². The molecular formula is C23H27FN6O. The Labute approximate surface area is 181 Å². The van der Waals surface area contributed by atoms with Crippen LogP contribution in [-0.2, 0) is 20.1 Å². The second-order valence-electron chi connectivity index (χ2n) is 8.04. The van der Waals surface area contributed by atoms with Gasteiger partial charge in [0.2, 0.25) is 0 Å². The van der Waals surface area contributed by atoms with Crippen LogP contribution in [0.25, 0.3) is 0 Å². The van der Waals surface area contributed by atoms with Gasteiger partial charge in [-0.05, 0) is 44.0 Å². The van der Waals surface area contributed by atoms with Gasteiger partial charge in [-0.15, -0.1) is 0 Å². The van der Waals surface area contributed by atoms with Gasteiger partial charge in [-0.1, -0.05) is 18.6 Å². The molecule has 162 valence electrons. The lowest BCUT2D eigenvalue weighted by Gasteiger charge is -2.34. The Morgan fingerprint density at radius 1 is 1.19 bits per heavy atom. The van der Waals surface area contributed by atoms with Crippen LogP contribution < -0.4 is 5.32 Å². The zero-order chi connectivity index (χ0) is 21.8. The van der Waals surface area contributed by atoms with E-state index in [0.717, 1.165) is 43.7 Å². The molecule has 7 nitrogen and oxygen atoms in total. The number of likely N-dealkylation sites (tertiary alicyclic amines) is 1. The SMILES string of the molecule is Cc1nc([C@H]2CCCCN2Cc2cnn(C)c2)ncc1C(=O)NCc1ccc(F)cc1. The van der Waals surface area contributed by atoms with E-state index in [1.54, 1.807) is 18.3 Å². The van der Waals surface area contributed by atoms with Crippen molar-refractivity contribution in [3.05, 3.63) is 76.9 Å². The third-order valence-electron chi connectivity index (χ3n) is 5.66. The highest BCUT2D eigenvalue weighted by molar-refractivity contribution is 5.94. The fraction of sp³-hybridized carbons (Fsp3) is 0.391. The van der Waals surface area contributed by atoms with Gasteiger partial charge in [0.05, 0.1) is 23.5 Å². The molecule has 31 heavy (non-hydrogen) atoms. The fourth-order valence-corrected chi connectivity index (χ4v) is 4.01. The van der Waals surface area contributed by atoms with Crippen molar-refractivity contribution in [2.75, 3.05) is 6.54 Å². The zero-order valence-electron chi connectivity index (χ0n) is 17.9. The minimum Gasteiger partial charge on any atom is -0.348 e. The van der Waals surface area contributed by atoms with Crippen LogP contribution in [0.5, 0.6) is 0 Å². The third kappa shape index (κ3) is 5.14. The Hall–Kier alpha value is -3.13. The summed E-state index contributed by atoms with van der Waals surface area (Å²) in [6, 6.07) is 6.20. The molecule has 8 heteroatoms. The molecule has 0 bridgehead atoms. The standard InChI is InChI=1S/C23H27FN6O/c1-16-20(23(31)26-11-17-6-8-19(24)9-7-17)13-25-22(28-16)21-5-3-4-10-30(21)15-18-12-27-29(2)14-18/h6-9,12-14,21H,3-5,10-11,15H2,1-2H3,(H,26,31)/t21-/m1/s1. The number of nitrogens with one attached hydrogen (secondary N) is 1. The van der Waals surface area contributed by atoms with E-state index in [-0.39, 0.29) is 17.8 Å². The molecule has 0 saturated carbocycles. The average Bonchev–Trinajstić information content (AvgIpc) is 3.18. The predicted octanol–water partition coefficient (Wildman–Crippen LogP) is 3.31. The molecule has 1 aliphatic rings. The maximum Gasteiger partial charge on any atom is 0.254 e. The van der Waals surface area contributed by atoms with Gasteiger partial charge in [-0.2, -0.15) is 5.10 Å². The normalized spacial score (nSPS) is 16.9. The van der Waals surface area contributed by atoms with Crippen LogP contribution >= 0.6 is 0 Å². The highest BCUT2D eigenvalue weighted by atomic mass is 19.1. The summed E-state index contributed by atoms with van der Waals surface area (Å²) < 4.78 is 14.8. The van der Waals surface area contributed by atoms with E-state index in [1.165, 1.54) is 17.7 Å². The Kier molecular flexibility index (Phi) is 6.36. The van der Waals surface area contributed by atoms with Crippen LogP contribution in [0.15, 0.2) is 42.9 Å². The first-order valence-electron chi connectivity index (χ1n) is 10.6. The van der Waals surface area contributed by atoms with E-state index in [9.17, 15) is 9.18 Å². The molecule has 1 atom stereocenters. The molecule has 0 unspecified atom stereocenters. The molecular weight excluding hydrogens is 395 g/mol. The summed E-state index contributed by atoms with van der Waals surface area (Å²) in [5, 5.41) is 7.12. The van der Waals surface area contributed by atoms with Crippen LogP contribution in [0.4, 0.5) is 4.39 Å². The molecule has 3 heterocycles. The van der Waals surface area contributed by atoms with Gasteiger partial charge >= 0.3 is 0 Å². The Balaban J connectivity index is 1.45. The third-order valence-corrected chi connectivity index (χ3v) is 5.66. The lowest BCUT2D eigenvalue weighted by atomic mass is 10.0. The minimum atomic E-state index is -0.296. The highest BCUT2D eigenvalue weighted by Crippen LogP contribution is 2.30. The number of amides is 1. The van der Waals surface area contributed by atoms with E-state index in [4.69, 9.17) is 4.98 Å². The number of benzene rings is 1. The van der Waals surface area contributed by atoms with Crippen molar-refractivity contribution in [3.8, 4) is 0 Å². The van der Waals surface area contributed by atoms with Gasteiger partial charge in [0.25, 0.3) is 5.91 Å². The topological polar surface area (TPSA) is 75.9 Å². The summed E-state index contributed by atoms with van der Waals surface area (Å²) in [5.41, 5.74) is 3.12. The Morgan fingerprint density at radius 3 is 2.71 bits per heavy atom. The molecule has 1 fully saturated rings. The summed E-state index contributed by atoms with van der Waals surface area (Å²) in [6.07, 6.45) is 8.83. The summed E-state index contributed by atoms with van der Waals surface area (Å²) in [6.45, 7) is 3.96. The van der Waals surface area contributed by atoms with E-state index in [2.05, 4.69) is 20.3 Å². The van der Waals surface area contributed by atoms with Gasteiger partial charge in [0.15, 0.2) is 0 Å². The minimum absolute atomic E-state index is 0.129. The van der Waals surface area contributed by atoms with Crippen LogP contribution in [0.2, 0.25) is 0 Å². The first-order valence-corrected chi connectivity index (χ1v) is 10.6. The number of carbonyl (C=O) groups excluding carboxylic acids is 1. The molecule has 2 aromatic heterocycles.